The molecule has 1 spiro atoms. The quantitative estimate of drug-likeness (QED) is 0.803. The molecule has 0 saturated carbocycles. The van der Waals surface area contributed by atoms with Crippen molar-refractivity contribution in [1.82, 2.24) is 14.8 Å². The van der Waals surface area contributed by atoms with E-state index in [0.29, 0.717) is 6.42 Å². The van der Waals surface area contributed by atoms with Crippen molar-refractivity contribution in [2.75, 3.05) is 26.7 Å². The van der Waals surface area contributed by atoms with Gasteiger partial charge in [0.05, 0.1) is 0 Å². The number of hydrogen-bond donors (Lipinski definition) is 0. The van der Waals surface area contributed by atoms with Gasteiger partial charge in [-0.15, -0.1) is 0 Å². The van der Waals surface area contributed by atoms with Crippen molar-refractivity contribution in [2.24, 2.45) is 5.41 Å². The summed E-state index contributed by atoms with van der Waals surface area (Å²) in [6.07, 6.45) is 8.16. The lowest BCUT2D eigenvalue weighted by Crippen LogP contribution is -2.43. The summed E-state index contributed by atoms with van der Waals surface area (Å²) in [6, 6.07) is 11.8. The Morgan fingerprint density at radius 2 is 1.68 bits per heavy atom. The summed E-state index contributed by atoms with van der Waals surface area (Å²) in [5.74, 6) is 0.357. The third-order valence-corrected chi connectivity index (χ3v) is 6.51. The van der Waals surface area contributed by atoms with Gasteiger partial charge in [0.25, 0.3) is 5.91 Å². The van der Waals surface area contributed by atoms with Crippen molar-refractivity contribution in [3.8, 4) is 11.1 Å². The van der Waals surface area contributed by atoms with Gasteiger partial charge in [0, 0.05) is 51.1 Å². The van der Waals surface area contributed by atoms with Gasteiger partial charge in [-0.1, -0.05) is 12.1 Å². The van der Waals surface area contributed by atoms with Crippen molar-refractivity contribution >= 4 is 11.8 Å². The first-order chi connectivity index (χ1) is 13.6. The van der Waals surface area contributed by atoms with Crippen LogP contribution in [-0.2, 0) is 4.79 Å². The van der Waals surface area contributed by atoms with Crippen LogP contribution in [0.15, 0.2) is 48.8 Å². The highest BCUT2D eigenvalue weighted by Crippen LogP contribution is 2.41. The lowest BCUT2D eigenvalue weighted by atomic mass is 9.73. The standard InChI is InChI=1S/C23H27N3O2/c1-25-14-9-23(8-5-21(25)27)10-15-26(16-11-23)22(28)20-4-2-3-19(17-20)18-6-12-24-13-7-18/h2-4,6-7,12-13,17H,5,8-11,14-16H2,1H3. The Morgan fingerprint density at radius 3 is 2.43 bits per heavy atom. The smallest absolute Gasteiger partial charge is 0.253 e. The van der Waals surface area contributed by atoms with Crippen LogP contribution in [0.3, 0.4) is 0 Å². The van der Waals surface area contributed by atoms with Gasteiger partial charge in [-0.05, 0) is 66.5 Å². The number of nitrogens with zero attached hydrogens (tertiary/aromatic N) is 3. The molecule has 4 rings (SSSR count). The second-order valence-corrected chi connectivity index (χ2v) is 8.17. The van der Waals surface area contributed by atoms with Crippen LogP contribution in [0, 0.1) is 5.41 Å². The van der Waals surface area contributed by atoms with Crippen molar-refractivity contribution in [3.63, 3.8) is 0 Å². The summed E-state index contributed by atoms with van der Waals surface area (Å²) < 4.78 is 0. The van der Waals surface area contributed by atoms with E-state index in [4.69, 9.17) is 0 Å². The van der Waals surface area contributed by atoms with Gasteiger partial charge in [0.2, 0.25) is 5.91 Å². The normalized spacial score (nSPS) is 19.5. The van der Waals surface area contributed by atoms with Gasteiger partial charge in [0.1, 0.15) is 0 Å². The van der Waals surface area contributed by atoms with E-state index in [1.807, 2.05) is 53.2 Å². The van der Waals surface area contributed by atoms with E-state index in [1.165, 1.54) is 0 Å². The third kappa shape index (κ3) is 3.79. The molecular weight excluding hydrogens is 350 g/mol. The van der Waals surface area contributed by atoms with E-state index in [1.54, 1.807) is 12.4 Å². The minimum Gasteiger partial charge on any atom is -0.346 e. The molecule has 1 aromatic carbocycles. The molecule has 0 bridgehead atoms. The molecule has 2 amide bonds. The maximum atomic E-state index is 13.1. The highest BCUT2D eigenvalue weighted by Gasteiger charge is 2.38. The maximum absolute atomic E-state index is 13.1. The predicted octanol–water partition coefficient (Wildman–Crippen LogP) is 3.61. The number of aromatic nitrogens is 1. The molecule has 2 aromatic rings. The number of carbonyl (C=O) groups is 2. The van der Waals surface area contributed by atoms with E-state index in [-0.39, 0.29) is 17.2 Å². The summed E-state index contributed by atoms with van der Waals surface area (Å²) in [4.78, 5) is 33.0. The zero-order chi connectivity index (χ0) is 19.6. The van der Waals surface area contributed by atoms with Crippen molar-refractivity contribution < 1.29 is 9.59 Å². The van der Waals surface area contributed by atoms with Crippen LogP contribution in [-0.4, -0.2) is 53.3 Å². The molecule has 28 heavy (non-hydrogen) atoms. The number of benzene rings is 1. The summed E-state index contributed by atoms with van der Waals surface area (Å²) in [5, 5.41) is 0. The van der Waals surface area contributed by atoms with Crippen LogP contribution in [0.4, 0.5) is 0 Å². The highest BCUT2D eigenvalue weighted by atomic mass is 16.2. The highest BCUT2D eigenvalue weighted by molar-refractivity contribution is 5.95. The summed E-state index contributed by atoms with van der Waals surface area (Å²) >= 11 is 0. The molecule has 0 unspecified atom stereocenters. The summed E-state index contributed by atoms with van der Waals surface area (Å²) in [5.41, 5.74) is 3.05. The number of carbonyl (C=O) groups excluding carboxylic acids is 2. The van der Waals surface area contributed by atoms with Crippen LogP contribution in [0.5, 0.6) is 0 Å². The van der Waals surface area contributed by atoms with Crippen LogP contribution in [0.2, 0.25) is 0 Å². The van der Waals surface area contributed by atoms with E-state index in [0.717, 1.165) is 62.0 Å². The molecule has 5 heteroatoms. The second kappa shape index (κ2) is 7.74. The number of pyridine rings is 1. The summed E-state index contributed by atoms with van der Waals surface area (Å²) in [6.45, 7) is 2.38. The largest absolute Gasteiger partial charge is 0.346 e. The van der Waals surface area contributed by atoms with Gasteiger partial charge in [-0.3, -0.25) is 14.6 Å². The van der Waals surface area contributed by atoms with Crippen LogP contribution < -0.4 is 0 Å². The molecule has 5 nitrogen and oxygen atoms in total. The van der Waals surface area contributed by atoms with Gasteiger partial charge in [-0.25, -0.2) is 0 Å². The Hall–Kier alpha value is -2.69. The minimum absolute atomic E-state index is 0.104. The molecule has 2 saturated heterocycles. The fraction of sp³-hybridized carbons (Fsp3) is 0.435. The van der Waals surface area contributed by atoms with Crippen molar-refractivity contribution in [3.05, 3.63) is 54.4 Å². The fourth-order valence-corrected chi connectivity index (χ4v) is 4.46. The Kier molecular flexibility index (Phi) is 5.16. The van der Waals surface area contributed by atoms with Crippen LogP contribution >= 0.6 is 0 Å². The zero-order valence-electron chi connectivity index (χ0n) is 16.4. The van der Waals surface area contributed by atoms with Gasteiger partial charge in [-0.2, -0.15) is 0 Å². The monoisotopic (exact) mass is 377 g/mol. The van der Waals surface area contributed by atoms with E-state index in [9.17, 15) is 9.59 Å². The average Bonchev–Trinajstić information content (AvgIpc) is 2.89. The molecule has 146 valence electrons. The maximum Gasteiger partial charge on any atom is 0.253 e. The molecule has 2 fully saturated rings. The van der Waals surface area contributed by atoms with E-state index < -0.39 is 0 Å². The van der Waals surface area contributed by atoms with Gasteiger partial charge in [0.15, 0.2) is 0 Å². The summed E-state index contributed by atoms with van der Waals surface area (Å²) in [7, 11) is 1.90. The molecule has 0 N–H and O–H groups in total. The SMILES string of the molecule is CN1CCC2(CCC1=O)CCN(C(=O)c1cccc(-c3ccncc3)c1)CC2. The lowest BCUT2D eigenvalue weighted by molar-refractivity contribution is -0.129. The number of rotatable bonds is 2. The topological polar surface area (TPSA) is 53.5 Å². The van der Waals surface area contributed by atoms with Crippen LogP contribution in [0.1, 0.15) is 42.5 Å². The first kappa shape index (κ1) is 18.7. The van der Waals surface area contributed by atoms with Crippen molar-refractivity contribution in [1.29, 1.82) is 0 Å². The van der Waals surface area contributed by atoms with E-state index >= 15 is 0 Å². The Labute approximate surface area is 166 Å². The van der Waals surface area contributed by atoms with Crippen LogP contribution in [0.25, 0.3) is 11.1 Å². The first-order valence-electron chi connectivity index (χ1n) is 10.1. The molecule has 2 aliphatic rings. The molecule has 2 aliphatic heterocycles. The number of likely N-dealkylation sites (tertiary alicyclic amines) is 2. The first-order valence-corrected chi connectivity index (χ1v) is 10.1. The van der Waals surface area contributed by atoms with E-state index in [2.05, 4.69) is 4.98 Å². The lowest BCUT2D eigenvalue weighted by Gasteiger charge is -2.41. The fourth-order valence-electron chi connectivity index (χ4n) is 4.46. The Morgan fingerprint density at radius 1 is 0.964 bits per heavy atom. The molecule has 0 atom stereocenters. The minimum atomic E-state index is 0.104. The Bertz CT molecular complexity index is 857. The van der Waals surface area contributed by atoms with Gasteiger partial charge >= 0.3 is 0 Å². The predicted molar refractivity (Wildman–Crippen MR) is 109 cm³/mol. The molecule has 0 aliphatic carbocycles. The third-order valence-electron chi connectivity index (χ3n) is 6.51. The molecule has 1 aromatic heterocycles. The Balaban J connectivity index is 1.44. The second-order valence-electron chi connectivity index (χ2n) is 8.17. The van der Waals surface area contributed by atoms with Gasteiger partial charge < -0.3 is 9.80 Å². The molecule has 3 heterocycles. The molecular formula is C23H27N3O2. The zero-order valence-corrected chi connectivity index (χ0v) is 16.4. The molecule has 0 radical (unpaired) electrons. The van der Waals surface area contributed by atoms with Crippen molar-refractivity contribution in [2.45, 2.75) is 32.1 Å². The number of piperidine rings is 1. The average molecular weight is 377 g/mol. The number of amides is 2. The number of hydrogen-bond acceptors (Lipinski definition) is 3.